The van der Waals surface area contributed by atoms with Crippen LogP contribution in [0.1, 0.15) is 38.2 Å². The molecule has 0 aromatic heterocycles. The highest BCUT2D eigenvalue weighted by molar-refractivity contribution is 7.92. The number of sulfonamides is 1. The van der Waals surface area contributed by atoms with Crippen LogP contribution < -0.4 is 14.9 Å². The lowest BCUT2D eigenvalue weighted by Gasteiger charge is -2.37. The van der Waals surface area contributed by atoms with E-state index in [9.17, 15) is 13.2 Å². The van der Waals surface area contributed by atoms with Gasteiger partial charge >= 0.3 is 0 Å². The van der Waals surface area contributed by atoms with E-state index in [0.717, 1.165) is 18.7 Å². The number of hydrogen-bond acceptors (Lipinski definition) is 4. The maximum Gasteiger partial charge on any atom is 0.261 e. The first-order valence-corrected chi connectivity index (χ1v) is 11.3. The molecule has 1 fully saturated rings. The first-order chi connectivity index (χ1) is 13.5. The molecule has 2 N–H and O–H groups in total. The van der Waals surface area contributed by atoms with E-state index in [1.807, 2.05) is 24.3 Å². The van der Waals surface area contributed by atoms with E-state index < -0.39 is 10.0 Å². The van der Waals surface area contributed by atoms with Gasteiger partial charge in [-0.2, -0.15) is 0 Å². The van der Waals surface area contributed by atoms with Crippen molar-refractivity contribution in [2.24, 2.45) is 0 Å². The second-order valence-corrected chi connectivity index (χ2v) is 9.13. The van der Waals surface area contributed by atoms with Gasteiger partial charge in [-0.05, 0) is 73.7 Å². The van der Waals surface area contributed by atoms with Crippen LogP contribution in [0.4, 0.5) is 17.1 Å². The molecule has 6 nitrogen and oxygen atoms in total. The molecule has 0 radical (unpaired) electrons. The van der Waals surface area contributed by atoms with Gasteiger partial charge in [-0.25, -0.2) is 8.42 Å². The van der Waals surface area contributed by atoms with Crippen LogP contribution in [-0.2, 0) is 21.2 Å². The Kier molecular flexibility index (Phi) is 5.02. The van der Waals surface area contributed by atoms with Crippen molar-refractivity contribution in [2.45, 2.75) is 50.0 Å². The van der Waals surface area contributed by atoms with E-state index >= 15 is 0 Å². The van der Waals surface area contributed by atoms with Gasteiger partial charge in [-0.1, -0.05) is 6.92 Å². The molecule has 1 saturated heterocycles. The second kappa shape index (κ2) is 7.47. The molecule has 2 aromatic rings. The van der Waals surface area contributed by atoms with E-state index in [1.54, 1.807) is 12.1 Å². The number of benzene rings is 2. The molecule has 148 valence electrons. The lowest BCUT2D eigenvalue weighted by molar-refractivity contribution is -0.115. The van der Waals surface area contributed by atoms with Crippen molar-refractivity contribution in [1.82, 2.24) is 0 Å². The molecule has 1 atom stereocenters. The zero-order valence-electron chi connectivity index (χ0n) is 15.9. The smallest absolute Gasteiger partial charge is 0.261 e. The molecule has 0 bridgehead atoms. The summed E-state index contributed by atoms with van der Waals surface area (Å²) >= 11 is 0. The molecule has 1 unspecified atom stereocenters. The minimum absolute atomic E-state index is 0.115. The summed E-state index contributed by atoms with van der Waals surface area (Å²) in [6.45, 7) is 3.26. The molecular formula is C21H25N3O3S. The van der Waals surface area contributed by atoms with Crippen molar-refractivity contribution in [3.05, 3.63) is 48.0 Å². The fourth-order valence-corrected chi connectivity index (χ4v) is 5.18. The third-order valence-corrected chi connectivity index (χ3v) is 6.94. The summed E-state index contributed by atoms with van der Waals surface area (Å²) in [5, 5.41) is 2.71. The van der Waals surface area contributed by atoms with Crippen molar-refractivity contribution >= 4 is 33.0 Å². The molecule has 1 amide bonds. The van der Waals surface area contributed by atoms with E-state index in [0.29, 0.717) is 23.0 Å². The van der Waals surface area contributed by atoms with Crippen LogP contribution in [0.5, 0.6) is 0 Å². The van der Waals surface area contributed by atoms with Crippen LogP contribution in [0.15, 0.2) is 47.4 Å². The van der Waals surface area contributed by atoms with Gasteiger partial charge < -0.3 is 10.2 Å². The lowest BCUT2D eigenvalue weighted by atomic mass is 9.99. The minimum Gasteiger partial charge on any atom is -0.369 e. The quantitative estimate of drug-likeness (QED) is 0.803. The number of rotatable bonds is 5. The van der Waals surface area contributed by atoms with Crippen LogP contribution in [0, 0.1) is 0 Å². The highest BCUT2D eigenvalue weighted by Gasteiger charge is 2.23. The molecule has 2 aromatic carbocycles. The highest BCUT2D eigenvalue weighted by Crippen LogP contribution is 2.29. The van der Waals surface area contributed by atoms with Crippen molar-refractivity contribution in [3.8, 4) is 0 Å². The average Bonchev–Trinajstić information content (AvgIpc) is 3.07. The summed E-state index contributed by atoms with van der Waals surface area (Å²) in [5.74, 6) is -0.115. The Bertz CT molecular complexity index is 986. The molecule has 0 saturated carbocycles. The fourth-order valence-electron chi connectivity index (χ4n) is 4.07. The van der Waals surface area contributed by atoms with E-state index in [2.05, 4.69) is 21.9 Å². The minimum atomic E-state index is -3.71. The predicted octanol–water partition coefficient (Wildman–Crippen LogP) is 3.75. The molecule has 2 heterocycles. The van der Waals surface area contributed by atoms with Crippen LogP contribution >= 0.6 is 0 Å². The third-order valence-electron chi connectivity index (χ3n) is 5.56. The lowest BCUT2D eigenvalue weighted by Crippen LogP contribution is -2.39. The highest BCUT2D eigenvalue weighted by atomic mass is 32.2. The number of hydrogen-bond donors (Lipinski definition) is 2. The largest absolute Gasteiger partial charge is 0.369 e. The molecule has 28 heavy (non-hydrogen) atoms. The van der Waals surface area contributed by atoms with Crippen molar-refractivity contribution < 1.29 is 13.2 Å². The van der Waals surface area contributed by atoms with Gasteiger partial charge in [0.05, 0.1) is 11.3 Å². The van der Waals surface area contributed by atoms with Crippen LogP contribution in [0.25, 0.3) is 0 Å². The summed E-state index contributed by atoms with van der Waals surface area (Å²) in [7, 11) is -3.71. The van der Waals surface area contributed by atoms with Crippen LogP contribution in [0.2, 0.25) is 0 Å². The Morgan fingerprint density at radius 1 is 1.14 bits per heavy atom. The van der Waals surface area contributed by atoms with Gasteiger partial charge in [0.1, 0.15) is 0 Å². The number of piperidine rings is 1. The second-order valence-electron chi connectivity index (χ2n) is 7.45. The van der Waals surface area contributed by atoms with Gasteiger partial charge in [0.25, 0.3) is 10.0 Å². The molecule has 4 rings (SSSR count). The summed E-state index contributed by atoms with van der Waals surface area (Å²) in [5.41, 5.74) is 3.05. The maximum absolute atomic E-state index is 12.7. The predicted molar refractivity (Wildman–Crippen MR) is 111 cm³/mol. The first-order valence-electron chi connectivity index (χ1n) is 9.78. The van der Waals surface area contributed by atoms with Crippen LogP contribution in [-0.4, -0.2) is 26.9 Å². The normalized spacial score (nSPS) is 19.2. The number of carbonyl (C=O) groups is 1. The van der Waals surface area contributed by atoms with Crippen molar-refractivity contribution in [1.29, 1.82) is 0 Å². The van der Waals surface area contributed by atoms with Crippen molar-refractivity contribution in [2.75, 3.05) is 21.5 Å². The standard InChI is InChI=1S/C21H25N3O3S/c1-2-17-5-3-4-12-24(17)18-8-6-16(7-9-18)23-28(26,27)19-10-11-20-15(13-19)14-21(25)22-20/h6-11,13,17,23H,2-5,12,14H2,1H3,(H,22,25). The summed E-state index contributed by atoms with van der Waals surface area (Å²) in [6.07, 6.45) is 5.00. The molecular weight excluding hydrogens is 374 g/mol. The number of nitrogens with zero attached hydrogens (tertiary/aromatic N) is 1. The SMILES string of the molecule is CCC1CCCCN1c1ccc(NS(=O)(=O)c2ccc3c(c2)CC(=O)N3)cc1. The number of fused-ring (bicyclic) bond motifs is 1. The summed E-state index contributed by atoms with van der Waals surface area (Å²) in [6, 6.07) is 12.9. The Morgan fingerprint density at radius 3 is 2.68 bits per heavy atom. The van der Waals surface area contributed by atoms with Gasteiger partial charge in [0.15, 0.2) is 0 Å². The van der Waals surface area contributed by atoms with Crippen LogP contribution in [0.3, 0.4) is 0 Å². The Labute approximate surface area is 166 Å². The third kappa shape index (κ3) is 3.71. The Hall–Kier alpha value is -2.54. The summed E-state index contributed by atoms with van der Waals surface area (Å²) in [4.78, 5) is 14.1. The van der Waals surface area contributed by atoms with Crippen molar-refractivity contribution in [3.63, 3.8) is 0 Å². The summed E-state index contributed by atoms with van der Waals surface area (Å²) < 4.78 is 28.1. The fraction of sp³-hybridized carbons (Fsp3) is 0.381. The molecule has 2 aliphatic heterocycles. The topological polar surface area (TPSA) is 78.5 Å². The maximum atomic E-state index is 12.7. The van der Waals surface area contributed by atoms with Gasteiger partial charge in [0, 0.05) is 29.6 Å². The monoisotopic (exact) mass is 399 g/mol. The van der Waals surface area contributed by atoms with E-state index in [4.69, 9.17) is 0 Å². The Morgan fingerprint density at radius 2 is 1.93 bits per heavy atom. The first kappa shape index (κ1) is 18.8. The molecule has 0 spiro atoms. The number of amides is 1. The van der Waals surface area contributed by atoms with E-state index in [-0.39, 0.29) is 17.2 Å². The molecule has 0 aliphatic carbocycles. The van der Waals surface area contributed by atoms with Gasteiger partial charge in [-0.3, -0.25) is 9.52 Å². The molecule has 2 aliphatic rings. The van der Waals surface area contributed by atoms with Gasteiger partial charge in [-0.15, -0.1) is 0 Å². The van der Waals surface area contributed by atoms with Gasteiger partial charge in [0.2, 0.25) is 5.91 Å². The average molecular weight is 400 g/mol. The molecule has 7 heteroatoms. The number of carbonyl (C=O) groups excluding carboxylic acids is 1. The Balaban J connectivity index is 1.51. The zero-order valence-corrected chi connectivity index (χ0v) is 16.8. The number of nitrogens with one attached hydrogen (secondary N) is 2. The number of anilines is 3. The van der Waals surface area contributed by atoms with E-state index in [1.165, 1.54) is 25.3 Å². The zero-order chi connectivity index (χ0) is 19.7.